The Hall–Kier alpha value is -3.19. The molecule has 2 atom stereocenters. The number of halogens is 2. The molecule has 5 aromatic carbocycles. The van der Waals surface area contributed by atoms with E-state index in [9.17, 15) is 4.79 Å². The van der Waals surface area contributed by atoms with Crippen molar-refractivity contribution in [1.82, 2.24) is 4.90 Å². The first kappa shape index (κ1) is 29.9. The largest absolute Gasteiger partial charge is 0.322 e. The topological polar surface area (TPSA) is 32.3 Å². The average molecular weight is 642 g/mol. The van der Waals surface area contributed by atoms with E-state index in [-0.39, 0.29) is 12.1 Å². The first-order valence-electron chi connectivity index (χ1n) is 14.4. The van der Waals surface area contributed by atoms with E-state index in [2.05, 4.69) is 132 Å². The molecule has 0 aliphatic carbocycles. The predicted octanol–water partition coefficient (Wildman–Crippen LogP) is 8.23. The maximum absolute atomic E-state index is 14.1. The summed E-state index contributed by atoms with van der Waals surface area (Å²) >= 11 is 12.5. The minimum atomic E-state index is -0.685. The van der Waals surface area contributed by atoms with E-state index in [1.165, 1.54) is 21.2 Å². The van der Waals surface area contributed by atoms with Crippen LogP contribution in [0.1, 0.15) is 6.42 Å². The van der Waals surface area contributed by atoms with Gasteiger partial charge in [-0.3, -0.25) is 0 Å². The van der Waals surface area contributed by atoms with Crippen molar-refractivity contribution in [1.29, 1.82) is 0 Å². The van der Waals surface area contributed by atoms with Crippen LogP contribution < -0.4 is 26.5 Å². The van der Waals surface area contributed by atoms with E-state index < -0.39 is 15.8 Å². The zero-order valence-electron chi connectivity index (χ0n) is 23.6. The molecule has 0 radical (unpaired) electrons. The van der Waals surface area contributed by atoms with Crippen LogP contribution in [0.4, 0.5) is 10.5 Å². The number of amides is 2. The van der Waals surface area contributed by atoms with Gasteiger partial charge >= 0.3 is 6.03 Å². The molecule has 0 unspecified atom stereocenters. The van der Waals surface area contributed by atoms with Gasteiger partial charge in [0.05, 0.1) is 10.0 Å². The van der Waals surface area contributed by atoms with Crippen LogP contribution in [0.25, 0.3) is 0 Å². The van der Waals surface area contributed by atoms with Gasteiger partial charge in [-0.15, -0.1) is 0 Å². The summed E-state index contributed by atoms with van der Waals surface area (Å²) in [5.41, 5.74) is 0.955. The number of urea groups is 1. The van der Waals surface area contributed by atoms with Gasteiger partial charge in [-0.2, -0.15) is 0 Å². The van der Waals surface area contributed by atoms with Crippen molar-refractivity contribution in [3.63, 3.8) is 0 Å². The normalized spacial score (nSPS) is 16.5. The molecule has 1 aliphatic heterocycles. The highest BCUT2D eigenvalue weighted by Crippen LogP contribution is 2.48. The summed E-state index contributed by atoms with van der Waals surface area (Å²) in [4.78, 5) is 16.1. The second kappa shape index (κ2) is 14.1. The lowest BCUT2D eigenvalue weighted by Gasteiger charge is -2.29. The van der Waals surface area contributed by atoms with Gasteiger partial charge in [0, 0.05) is 23.9 Å². The number of benzene rings is 5. The van der Waals surface area contributed by atoms with E-state index in [1.807, 2.05) is 0 Å². The summed E-state index contributed by atoms with van der Waals surface area (Å²) in [5.74, 6) is 0. The third kappa shape index (κ3) is 7.14. The maximum Gasteiger partial charge on any atom is 0.322 e. The molecule has 1 N–H and O–H groups in total. The lowest BCUT2D eigenvalue weighted by atomic mass is 10.2. The number of likely N-dealkylation sites (tertiary alicyclic amines) is 1. The predicted molar refractivity (Wildman–Crippen MR) is 187 cm³/mol. The smallest absolute Gasteiger partial charge is 0.320 e. The van der Waals surface area contributed by atoms with Crippen LogP contribution in [-0.2, 0) is 0 Å². The molecule has 2 amide bonds. The van der Waals surface area contributed by atoms with Gasteiger partial charge in [0.15, 0.2) is 0 Å². The number of rotatable bonds is 8. The number of hydrogen-bond donors (Lipinski definition) is 1. The third-order valence-corrected chi connectivity index (χ3v) is 14.0. The fourth-order valence-electron chi connectivity index (χ4n) is 5.80. The highest BCUT2D eigenvalue weighted by molar-refractivity contribution is 7.74. The molecule has 3 nitrogen and oxygen atoms in total. The molecule has 6 rings (SSSR count). The third-order valence-electron chi connectivity index (χ3n) is 7.79. The Morgan fingerprint density at radius 3 is 1.65 bits per heavy atom. The molecule has 0 spiro atoms. The molecule has 43 heavy (non-hydrogen) atoms. The molecule has 1 aliphatic rings. The van der Waals surface area contributed by atoms with Gasteiger partial charge in [0.1, 0.15) is 0 Å². The molecule has 216 valence electrons. The Morgan fingerprint density at radius 2 is 1.16 bits per heavy atom. The SMILES string of the molecule is O=C(Nc1ccc(Cl)c(Cl)c1)N1C[C@@H](P(c2ccccc2)c2ccccc2)C[C@H]1CP(c1ccccc1)c1ccccc1. The van der Waals surface area contributed by atoms with Crippen molar-refractivity contribution in [2.24, 2.45) is 0 Å². The minimum Gasteiger partial charge on any atom is -0.320 e. The van der Waals surface area contributed by atoms with Crippen molar-refractivity contribution in [3.05, 3.63) is 150 Å². The van der Waals surface area contributed by atoms with Crippen LogP contribution in [0.5, 0.6) is 0 Å². The molecule has 0 aromatic heterocycles. The summed E-state index contributed by atoms with van der Waals surface area (Å²) in [5, 5.41) is 9.35. The first-order chi connectivity index (χ1) is 21.1. The van der Waals surface area contributed by atoms with E-state index in [0.717, 1.165) is 12.6 Å². The Morgan fingerprint density at radius 1 is 0.674 bits per heavy atom. The monoisotopic (exact) mass is 640 g/mol. The number of anilines is 1. The molecule has 0 bridgehead atoms. The first-order valence-corrected chi connectivity index (χ1v) is 18.1. The Bertz CT molecular complexity index is 1560. The number of nitrogens with zero attached hydrogens (tertiary/aromatic N) is 1. The second-order valence-corrected chi connectivity index (χ2v) is 16.1. The summed E-state index contributed by atoms with van der Waals surface area (Å²) in [6, 6.07) is 48.3. The van der Waals surface area contributed by atoms with Crippen molar-refractivity contribution >= 4 is 72.0 Å². The van der Waals surface area contributed by atoms with Crippen LogP contribution in [-0.4, -0.2) is 35.3 Å². The summed E-state index contributed by atoms with van der Waals surface area (Å²) in [6.45, 7) is 0.681. The van der Waals surface area contributed by atoms with E-state index in [1.54, 1.807) is 18.2 Å². The molecule has 0 saturated carbocycles. The molecule has 1 fully saturated rings. The minimum absolute atomic E-state index is 0.0664. The molecular weight excluding hydrogens is 609 g/mol. The number of carbonyl (C=O) groups is 1. The molecule has 7 heteroatoms. The lowest BCUT2D eigenvalue weighted by molar-refractivity contribution is 0.211. The van der Waals surface area contributed by atoms with E-state index in [0.29, 0.717) is 27.9 Å². The van der Waals surface area contributed by atoms with Gasteiger partial charge in [-0.25, -0.2) is 4.79 Å². The van der Waals surface area contributed by atoms with Crippen molar-refractivity contribution < 1.29 is 4.79 Å². The van der Waals surface area contributed by atoms with Gasteiger partial charge in [-0.1, -0.05) is 145 Å². The fourth-order valence-corrected chi connectivity index (χ4v) is 11.6. The zero-order chi connectivity index (χ0) is 29.6. The van der Waals surface area contributed by atoms with Crippen LogP contribution in [0.2, 0.25) is 10.0 Å². The second-order valence-electron chi connectivity index (χ2n) is 10.6. The van der Waals surface area contributed by atoms with Crippen LogP contribution >= 0.6 is 39.0 Å². The highest BCUT2D eigenvalue weighted by atomic mass is 35.5. The Labute approximate surface area is 266 Å². The van der Waals surface area contributed by atoms with Gasteiger partial charge < -0.3 is 10.2 Å². The zero-order valence-corrected chi connectivity index (χ0v) is 26.9. The number of hydrogen-bond acceptors (Lipinski definition) is 1. The molecule has 1 saturated heterocycles. The van der Waals surface area contributed by atoms with Crippen LogP contribution in [0.3, 0.4) is 0 Å². The summed E-state index contributed by atoms with van der Waals surface area (Å²) < 4.78 is 0. The van der Waals surface area contributed by atoms with Crippen LogP contribution in [0, 0.1) is 0 Å². The number of nitrogens with one attached hydrogen (secondary N) is 1. The lowest BCUT2D eigenvalue weighted by Crippen LogP contribution is -2.41. The van der Waals surface area contributed by atoms with Gasteiger partial charge in [0.2, 0.25) is 0 Å². The fraction of sp³-hybridized carbons (Fsp3) is 0.139. The van der Waals surface area contributed by atoms with Gasteiger partial charge in [0.25, 0.3) is 0 Å². The van der Waals surface area contributed by atoms with Crippen molar-refractivity contribution in [3.8, 4) is 0 Å². The Balaban J connectivity index is 1.36. The van der Waals surface area contributed by atoms with Gasteiger partial charge in [-0.05, 0) is 67.8 Å². The average Bonchev–Trinajstić information content (AvgIpc) is 3.47. The summed E-state index contributed by atoms with van der Waals surface area (Å²) in [7, 11) is -1.37. The standard InChI is InChI=1S/C36H32Cl2N2OP2/c37-34-22-21-27(23-35(34)38)39-36(41)40-25-33(43(31-17-9-3-10-18-31)32-19-11-4-12-20-32)24-28(40)26-42(29-13-5-1-6-14-29)30-15-7-2-8-16-30/h1-23,28,33H,24-26H2,(H,39,41)/t28-,33-/m0/s1. The van der Waals surface area contributed by atoms with E-state index >= 15 is 0 Å². The van der Waals surface area contributed by atoms with Crippen LogP contribution in [0.15, 0.2) is 140 Å². The van der Waals surface area contributed by atoms with Crippen molar-refractivity contribution in [2.75, 3.05) is 18.0 Å². The van der Waals surface area contributed by atoms with Crippen molar-refractivity contribution in [2.45, 2.75) is 18.1 Å². The molecule has 5 aromatic rings. The molecular formula is C36H32Cl2N2OP2. The highest BCUT2D eigenvalue weighted by Gasteiger charge is 2.41. The maximum atomic E-state index is 14.1. The number of carbonyl (C=O) groups excluding carboxylic acids is 1. The quantitative estimate of drug-likeness (QED) is 0.170. The van der Waals surface area contributed by atoms with E-state index in [4.69, 9.17) is 23.2 Å². The summed E-state index contributed by atoms with van der Waals surface area (Å²) in [6.07, 6.45) is 1.82. The molecule has 1 heterocycles. The Kier molecular flexibility index (Phi) is 9.77.